The lowest BCUT2D eigenvalue weighted by atomic mass is 10.1. The highest BCUT2D eigenvalue weighted by atomic mass is 16.4. The number of carboxylic acids is 1. The molecule has 1 heterocycles. The number of H-pyrrole nitrogens is 2. The molecule has 0 radical (unpaired) electrons. The van der Waals surface area contributed by atoms with Crippen molar-refractivity contribution >= 4 is 11.9 Å². The lowest BCUT2D eigenvalue weighted by molar-refractivity contribution is -0.155. The summed E-state index contributed by atoms with van der Waals surface area (Å²) in [6, 6.07) is 0. The van der Waals surface area contributed by atoms with Crippen LogP contribution in [0.25, 0.3) is 0 Å². The Morgan fingerprint density at radius 1 is 1.56 bits per heavy atom. The summed E-state index contributed by atoms with van der Waals surface area (Å²) in [6.45, 7) is 0.587. The van der Waals surface area contributed by atoms with Crippen molar-refractivity contribution in [2.75, 3.05) is 6.54 Å². The number of carboxylic acid groups (broad SMARTS) is 1. The van der Waals surface area contributed by atoms with Crippen LogP contribution in [-0.4, -0.2) is 44.2 Å². The quantitative estimate of drug-likeness (QED) is 0.418. The molecule has 0 saturated carbocycles. The maximum Gasteiger partial charge on any atom is 0.337 e. The molecule has 8 heteroatoms. The minimum atomic E-state index is -2.05. The molecule has 1 aromatic rings. The number of aromatic amines is 2. The largest absolute Gasteiger partial charge is 0.479 e. The summed E-state index contributed by atoms with van der Waals surface area (Å²) in [5.41, 5.74) is -2.63. The monoisotopic (exact) mass is 229 g/mol. The Labute approximate surface area is 89.3 Å². The van der Waals surface area contributed by atoms with Crippen molar-refractivity contribution in [3.05, 3.63) is 22.4 Å². The predicted molar refractivity (Wildman–Crippen MR) is 52.0 cm³/mol. The van der Waals surface area contributed by atoms with Crippen molar-refractivity contribution in [3.8, 4) is 0 Å². The van der Waals surface area contributed by atoms with Gasteiger partial charge in [-0.05, 0) is 6.92 Å². The van der Waals surface area contributed by atoms with Gasteiger partial charge in [0.05, 0.1) is 6.54 Å². The molecule has 0 fully saturated rings. The third-order valence-corrected chi connectivity index (χ3v) is 1.89. The van der Waals surface area contributed by atoms with E-state index in [2.05, 4.69) is 15.3 Å². The molecule has 0 aromatic carbocycles. The molecule has 0 aliphatic heterocycles. The molecular formula is C8H11N3O5. The maximum atomic E-state index is 11.3. The fraction of sp³-hybridized carbons (Fsp3) is 0.375. The van der Waals surface area contributed by atoms with Gasteiger partial charge < -0.3 is 25.5 Å². The van der Waals surface area contributed by atoms with Gasteiger partial charge in [0, 0.05) is 6.20 Å². The van der Waals surface area contributed by atoms with E-state index in [0.29, 0.717) is 0 Å². The van der Waals surface area contributed by atoms with Crippen LogP contribution in [0.3, 0.4) is 0 Å². The first-order valence-electron chi connectivity index (χ1n) is 4.34. The first kappa shape index (κ1) is 12.0. The van der Waals surface area contributed by atoms with Crippen molar-refractivity contribution in [1.82, 2.24) is 15.3 Å². The lowest BCUT2D eigenvalue weighted by Gasteiger charge is -2.17. The summed E-state index contributed by atoms with van der Waals surface area (Å²) in [7, 11) is 0. The van der Waals surface area contributed by atoms with E-state index < -0.39 is 29.7 Å². The number of imidazole rings is 1. The number of aliphatic hydroxyl groups is 1. The third-order valence-electron chi connectivity index (χ3n) is 1.89. The van der Waals surface area contributed by atoms with Crippen LogP contribution in [0.1, 0.15) is 17.4 Å². The van der Waals surface area contributed by atoms with Crippen molar-refractivity contribution < 1.29 is 19.8 Å². The second kappa shape index (κ2) is 4.19. The summed E-state index contributed by atoms with van der Waals surface area (Å²) >= 11 is 0. The lowest BCUT2D eigenvalue weighted by Crippen LogP contribution is -2.46. The normalized spacial score (nSPS) is 14.1. The van der Waals surface area contributed by atoms with Crippen LogP contribution in [0.2, 0.25) is 0 Å². The summed E-state index contributed by atoms with van der Waals surface area (Å²) in [5.74, 6) is -2.13. The molecule has 8 nitrogen and oxygen atoms in total. The zero-order valence-electron chi connectivity index (χ0n) is 8.40. The topological polar surface area (TPSA) is 135 Å². The highest BCUT2D eigenvalue weighted by Gasteiger charge is 2.30. The maximum absolute atomic E-state index is 11.3. The molecule has 88 valence electrons. The van der Waals surface area contributed by atoms with E-state index >= 15 is 0 Å². The molecule has 0 aliphatic carbocycles. The van der Waals surface area contributed by atoms with E-state index in [-0.39, 0.29) is 5.69 Å². The Morgan fingerprint density at radius 3 is 2.62 bits per heavy atom. The van der Waals surface area contributed by atoms with Gasteiger partial charge >= 0.3 is 11.7 Å². The van der Waals surface area contributed by atoms with Crippen LogP contribution in [0.5, 0.6) is 0 Å². The molecule has 1 aromatic heterocycles. The second-order valence-electron chi connectivity index (χ2n) is 3.42. The van der Waals surface area contributed by atoms with Crippen molar-refractivity contribution in [1.29, 1.82) is 0 Å². The Balaban J connectivity index is 2.60. The first-order valence-corrected chi connectivity index (χ1v) is 4.34. The van der Waals surface area contributed by atoms with E-state index in [1.54, 1.807) is 0 Å². The van der Waals surface area contributed by atoms with Crippen LogP contribution >= 0.6 is 0 Å². The molecular weight excluding hydrogens is 218 g/mol. The molecule has 1 unspecified atom stereocenters. The van der Waals surface area contributed by atoms with Gasteiger partial charge in [-0.25, -0.2) is 9.59 Å². The van der Waals surface area contributed by atoms with Crippen LogP contribution in [0, 0.1) is 0 Å². The van der Waals surface area contributed by atoms with Crippen molar-refractivity contribution in [2.24, 2.45) is 0 Å². The van der Waals surface area contributed by atoms with Gasteiger partial charge in [-0.3, -0.25) is 4.79 Å². The van der Waals surface area contributed by atoms with E-state index in [4.69, 9.17) is 5.11 Å². The van der Waals surface area contributed by atoms with Gasteiger partial charge in [-0.2, -0.15) is 0 Å². The summed E-state index contributed by atoms with van der Waals surface area (Å²) < 4.78 is 0. The Morgan fingerprint density at radius 2 is 2.19 bits per heavy atom. The number of carbonyl (C=O) groups is 2. The molecule has 0 spiro atoms. The highest BCUT2D eigenvalue weighted by molar-refractivity contribution is 5.92. The van der Waals surface area contributed by atoms with Crippen LogP contribution < -0.4 is 11.0 Å². The summed E-state index contributed by atoms with van der Waals surface area (Å²) in [5, 5.41) is 20.0. The number of rotatable bonds is 4. The van der Waals surface area contributed by atoms with E-state index in [9.17, 15) is 19.5 Å². The predicted octanol–water partition coefficient (Wildman–Crippen LogP) is -1.73. The Kier molecular flexibility index (Phi) is 3.14. The van der Waals surface area contributed by atoms with Crippen LogP contribution in [-0.2, 0) is 4.79 Å². The van der Waals surface area contributed by atoms with Gasteiger partial charge in [-0.15, -0.1) is 0 Å². The third kappa shape index (κ3) is 2.70. The van der Waals surface area contributed by atoms with E-state index in [1.807, 2.05) is 0 Å². The average molecular weight is 229 g/mol. The number of carbonyl (C=O) groups excluding carboxylic acids is 1. The minimum Gasteiger partial charge on any atom is -0.479 e. The summed E-state index contributed by atoms with van der Waals surface area (Å²) in [4.78, 5) is 36.9. The minimum absolute atomic E-state index is 0.0359. The van der Waals surface area contributed by atoms with Gasteiger partial charge in [0.2, 0.25) is 0 Å². The SMILES string of the molecule is CC(O)(CNC(=O)c1c[nH]c(=O)[nH]1)C(=O)O. The molecule has 0 bridgehead atoms. The number of hydrogen-bond acceptors (Lipinski definition) is 4. The van der Waals surface area contributed by atoms with Gasteiger partial charge in [0.25, 0.3) is 5.91 Å². The Bertz CT molecular complexity index is 458. The van der Waals surface area contributed by atoms with Gasteiger partial charge in [0.1, 0.15) is 5.69 Å². The number of aliphatic carboxylic acids is 1. The van der Waals surface area contributed by atoms with Gasteiger partial charge in [-0.1, -0.05) is 0 Å². The number of nitrogens with one attached hydrogen (secondary N) is 3. The van der Waals surface area contributed by atoms with E-state index in [1.165, 1.54) is 0 Å². The standard InChI is InChI=1S/C8H11N3O5/c1-8(16,6(13)14)3-10-5(12)4-2-9-7(15)11-4/h2,16H,3H2,1H3,(H,10,12)(H,13,14)(H2,9,11,15). The molecule has 0 saturated heterocycles. The van der Waals surface area contributed by atoms with Crippen molar-refractivity contribution in [2.45, 2.75) is 12.5 Å². The number of aromatic nitrogens is 2. The Hall–Kier alpha value is -2.09. The molecule has 1 amide bonds. The van der Waals surface area contributed by atoms with Crippen LogP contribution in [0.4, 0.5) is 0 Å². The smallest absolute Gasteiger partial charge is 0.337 e. The zero-order valence-corrected chi connectivity index (χ0v) is 8.40. The fourth-order valence-electron chi connectivity index (χ4n) is 0.878. The first-order chi connectivity index (χ1) is 7.33. The highest BCUT2D eigenvalue weighted by Crippen LogP contribution is 2.01. The van der Waals surface area contributed by atoms with Crippen LogP contribution in [0.15, 0.2) is 11.0 Å². The van der Waals surface area contributed by atoms with Gasteiger partial charge in [0.15, 0.2) is 5.60 Å². The second-order valence-corrected chi connectivity index (χ2v) is 3.42. The fourth-order valence-corrected chi connectivity index (χ4v) is 0.878. The van der Waals surface area contributed by atoms with E-state index in [0.717, 1.165) is 13.1 Å². The average Bonchev–Trinajstić information content (AvgIpc) is 2.61. The molecule has 5 N–H and O–H groups in total. The van der Waals surface area contributed by atoms with Crippen molar-refractivity contribution in [3.63, 3.8) is 0 Å². The zero-order chi connectivity index (χ0) is 12.3. The molecule has 1 rings (SSSR count). The molecule has 0 aliphatic rings. The molecule has 1 atom stereocenters. The number of amides is 1. The summed E-state index contributed by atoms with van der Waals surface area (Å²) in [6.07, 6.45) is 1.15. The molecule has 16 heavy (non-hydrogen) atoms. The number of hydrogen-bond donors (Lipinski definition) is 5.